The normalized spacial score (nSPS) is 12.6. The number of carboxylic acid groups (broad SMARTS) is 1. The van der Waals surface area contributed by atoms with E-state index in [1.807, 2.05) is 6.07 Å². The maximum Gasteiger partial charge on any atom is 0.325 e. The summed E-state index contributed by atoms with van der Waals surface area (Å²) >= 11 is 0. The molecule has 1 aromatic carbocycles. The average molecular weight is 202 g/mol. The molecule has 4 nitrogen and oxygen atoms in total. The van der Waals surface area contributed by atoms with Gasteiger partial charge in [0.25, 0.3) is 0 Å². The molecule has 2 aromatic rings. The molecule has 0 spiro atoms. The van der Waals surface area contributed by atoms with E-state index in [1.54, 1.807) is 30.6 Å². The van der Waals surface area contributed by atoms with E-state index in [0.29, 0.717) is 5.56 Å². The Morgan fingerprint density at radius 3 is 2.93 bits per heavy atom. The first kappa shape index (κ1) is 9.61. The van der Waals surface area contributed by atoms with Gasteiger partial charge in [-0.2, -0.15) is 0 Å². The number of aromatic nitrogens is 1. The van der Waals surface area contributed by atoms with Crippen molar-refractivity contribution in [2.45, 2.75) is 6.04 Å². The second kappa shape index (κ2) is 3.67. The van der Waals surface area contributed by atoms with Crippen molar-refractivity contribution in [1.82, 2.24) is 4.98 Å². The number of benzene rings is 1. The second-order valence-electron chi connectivity index (χ2n) is 3.26. The predicted molar refractivity (Wildman–Crippen MR) is 56.3 cm³/mol. The average Bonchev–Trinajstić information content (AvgIpc) is 2.27. The minimum atomic E-state index is -1.03. The van der Waals surface area contributed by atoms with Crippen LogP contribution in [0, 0.1) is 0 Å². The molecular formula is C11H10N2O2. The highest BCUT2D eigenvalue weighted by molar-refractivity contribution is 5.89. The van der Waals surface area contributed by atoms with E-state index in [9.17, 15) is 4.79 Å². The van der Waals surface area contributed by atoms with Gasteiger partial charge in [0.2, 0.25) is 0 Å². The topological polar surface area (TPSA) is 76.2 Å². The molecule has 1 unspecified atom stereocenters. The first-order valence-electron chi connectivity index (χ1n) is 4.51. The van der Waals surface area contributed by atoms with Gasteiger partial charge in [-0.1, -0.05) is 18.2 Å². The second-order valence-corrected chi connectivity index (χ2v) is 3.26. The molecule has 0 amide bonds. The molecule has 1 atom stereocenters. The molecule has 0 saturated heterocycles. The predicted octanol–water partition coefficient (Wildman–Crippen LogP) is 1.32. The highest BCUT2D eigenvalue weighted by Gasteiger charge is 2.16. The number of hydrogen-bond donors (Lipinski definition) is 2. The van der Waals surface area contributed by atoms with Gasteiger partial charge in [0.1, 0.15) is 6.04 Å². The van der Waals surface area contributed by atoms with Gasteiger partial charge in [-0.15, -0.1) is 0 Å². The first-order valence-corrected chi connectivity index (χ1v) is 4.51. The Labute approximate surface area is 86.4 Å². The molecule has 15 heavy (non-hydrogen) atoms. The lowest BCUT2D eigenvalue weighted by molar-refractivity contribution is -0.138. The standard InChI is InChI=1S/C11H10N2O2/c12-10(11(14)15)9-3-1-2-7-6-13-5-4-8(7)9/h1-6,10H,12H2,(H,14,15). The molecule has 0 saturated carbocycles. The summed E-state index contributed by atoms with van der Waals surface area (Å²) in [6, 6.07) is 6.16. The third-order valence-electron chi connectivity index (χ3n) is 2.32. The van der Waals surface area contributed by atoms with Crippen molar-refractivity contribution in [3.63, 3.8) is 0 Å². The molecule has 3 N–H and O–H groups in total. The number of fused-ring (bicyclic) bond motifs is 1. The van der Waals surface area contributed by atoms with E-state index < -0.39 is 12.0 Å². The summed E-state index contributed by atoms with van der Waals surface area (Å²) in [5, 5.41) is 10.6. The zero-order valence-corrected chi connectivity index (χ0v) is 7.92. The van der Waals surface area contributed by atoms with Gasteiger partial charge in [0, 0.05) is 17.8 Å². The first-order chi connectivity index (χ1) is 7.20. The third kappa shape index (κ3) is 1.67. The Kier molecular flexibility index (Phi) is 2.35. The van der Waals surface area contributed by atoms with Crippen molar-refractivity contribution in [3.8, 4) is 0 Å². The van der Waals surface area contributed by atoms with Gasteiger partial charge in [0.15, 0.2) is 0 Å². The number of aliphatic carboxylic acids is 1. The van der Waals surface area contributed by atoms with Crippen molar-refractivity contribution < 1.29 is 9.90 Å². The van der Waals surface area contributed by atoms with E-state index in [1.165, 1.54) is 0 Å². The maximum absolute atomic E-state index is 10.8. The van der Waals surface area contributed by atoms with E-state index in [2.05, 4.69) is 4.98 Å². The Balaban J connectivity index is 2.65. The summed E-state index contributed by atoms with van der Waals surface area (Å²) in [4.78, 5) is 14.8. The van der Waals surface area contributed by atoms with Crippen LogP contribution < -0.4 is 5.73 Å². The van der Waals surface area contributed by atoms with Gasteiger partial charge in [0.05, 0.1) is 0 Å². The third-order valence-corrected chi connectivity index (χ3v) is 2.32. The van der Waals surface area contributed by atoms with Crippen LogP contribution in [0.2, 0.25) is 0 Å². The summed E-state index contributed by atoms with van der Waals surface area (Å²) in [6.45, 7) is 0. The van der Waals surface area contributed by atoms with Crippen LogP contribution in [-0.2, 0) is 4.79 Å². The number of nitrogens with zero attached hydrogens (tertiary/aromatic N) is 1. The van der Waals surface area contributed by atoms with Crippen molar-refractivity contribution in [2.75, 3.05) is 0 Å². The quantitative estimate of drug-likeness (QED) is 0.770. The van der Waals surface area contributed by atoms with Crippen LogP contribution in [0.15, 0.2) is 36.7 Å². The fourth-order valence-corrected chi connectivity index (χ4v) is 1.55. The van der Waals surface area contributed by atoms with E-state index in [-0.39, 0.29) is 0 Å². The maximum atomic E-state index is 10.8. The highest BCUT2D eigenvalue weighted by Crippen LogP contribution is 2.22. The fourth-order valence-electron chi connectivity index (χ4n) is 1.55. The minimum Gasteiger partial charge on any atom is -0.480 e. The molecule has 4 heteroatoms. The monoisotopic (exact) mass is 202 g/mol. The molecule has 1 heterocycles. The lowest BCUT2D eigenvalue weighted by Gasteiger charge is -2.09. The Bertz CT molecular complexity index is 505. The van der Waals surface area contributed by atoms with Gasteiger partial charge in [-0.25, -0.2) is 0 Å². The van der Waals surface area contributed by atoms with E-state index in [4.69, 9.17) is 10.8 Å². The van der Waals surface area contributed by atoms with Crippen molar-refractivity contribution in [1.29, 1.82) is 0 Å². The summed E-state index contributed by atoms with van der Waals surface area (Å²) < 4.78 is 0. The van der Waals surface area contributed by atoms with Crippen LogP contribution in [-0.4, -0.2) is 16.1 Å². The lowest BCUT2D eigenvalue weighted by atomic mass is 10.0. The summed E-state index contributed by atoms with van der Waals surface area (Å²) in [5.41, 5.74) is 6.20. The molecule has 1 aromatic heterocycles. The molecule has 2 rings (SSSR count). The highest BCUT2D eigenvalue weighted by atomic mass is 16.4. The van der Waals surface area contributed by atoms with Gasteiger partial charge in [-0.3, -0.25) is 9.78 Å². The molecule has 0 radical (unpaired) electrons. The van der Waals surface area contributed by atoms with Gasteiger partial charge >= 0.3 is 5.97 Å². The number of nitrogens with two attached hydrogens (primary N) is 1. The zero-order valence-electron chi connectivity index (χ0n) is 7.92. The smallest absolute Gasteiger partial charge is 0.325 e. The lowest BCUT2D eigenvalue weighted by Crippen LogP contribution is -2.20. The Hall–Kier alpha value is -1.94. The minimum absolute atomic E-state index is 0.613. The van der Waals surface area contributed by atoms with Gasteiger partial charge < -0.3 is 10.8 Å². The molecule has 0 aliphatic heterocycles. The van der Waals surface area contributed by atoms with E-state index >= 15 is 0 Å². The van der Waals surface area contributed by atoms with Crippen molar-refractivity contribution >= 4 is 16.7 Å². The molecule has 76 valence electrons. The van der Waals surface area contributed by atoms with Gasteiger partial charge in [-0.05, 0) is 17.0 Å². The van der Waals surface area contributed by atoms with Crippen LogP contribution >= 0.6 is 0 Å². The van der Waals surface area contributed by atoms with Crippen LogP contribution in [0.5, 0.6) is 0 Å². The number of carboxylic acids is 1. The summed E-state index contributed by atoms with van der Waals surface area (Å²) in [7, 11) is 0. The van der Waals surface area contributed by atoms with Crippen molar-refractivity contribution in [3.05, 3.63) is 42.2 Å². The largest absolute Gasteiger partial charge is 0.480 e. The number of hydrogen-bond acceptors (Lipinski definition) is 3. The fraction of sp³-hybridized carbons (Fsp3) is 0.0909. The molecule has 0 bridgehead atoms. The number of carbonyl (C=O) groups is 1. The SMILES string of the molecule is NC(C(=O)O)c1cccc2cnccc12. The van der Waals surface area contributed by atoms with Crippen LogP contribution in [0.4, 0.5) is 0 Å². The Morgan fingerprint density at radius 2 is 2.20 bits per heavy atom. The molecular weight excluding hydrogens is 192 g/mol. The molecule has 0 fully saturated rings. The number of pyridine rings is 1. The van der Waals surface area contributed by atoms with Crippen LogP contribution in [0.1, 0.15) is 11.6 Å². The Morgan fingerprint density at radius 1 is 1.40 bits per heavy atom. The van der Waals surface area contributed by atoms with E-state index in [0.717, 1.165) is 10.8 Å². The summed E-state index contributed by atoms with van der Waals surface area (Å²) in [5.74, 6) is -1.03. The van der Waals surface area contributed by atoms with Crippen molar-refractivity contribution in [2.24, 2.45) is 5.73 Å². The van der Waals surface area contributed by atoms with Crippen LogP contribution in [0.3, 0.4) is 0 Å². The molecule has 0 aliphatic carbocycles. The summed E-state index contributed by atoms with van der Waals surface area (Å²) in [6.07, 6.45) is 3.31. The molecule has 0 aliphatic rings. The van der Waals surface area contributed by atoms with Crippen LogP contribution in [0.25, 0.3) is 10.8 Å². The zero-order chi connectivity index (χ0) is 10.8. The number of rotatable bonds is 2.